The molecule has 0 aliphatic rings. The molecule has 2 nitrogen and oxygen atoms in total. The van der Waals surface area contributed by atoms with Gasteiger partial charge in [-0.05, 0) is 6.42 Å². The molecule has 0 aliphatic carbocycles. The minimum Gasteiger partial charge on any atom is -0.382 e. The Balaban J connectivity index is 0.00000364. The number of rotatable bonds is 5. The molecule has 0 fully saturated rings. The van der Waals surface area contributed by atoms with Gasteiger partial charge < -0.3 is 17.2 Å². The quantitative estimate of drug-likeness (QED) is 0.409. The van der Waals surface area contributed by atoms with Crippen molar-refractivity contribution in [3.05, 3.63) is 74.9 Å². The zero-order chi connectivity index (χ0) is 19.8. The monoisotopic (exact) mass is 625 g/mol. The van der Waals surface area contributed by atoms with Gasteiger partial charge in [0.15, 0.2) is 5.78 Å². The summed E-state index contributed by atoms with van der Waals surface area (Å²) in [5.41, 5.74) is 7.91. The maximum Gasteiger partial charge on any atom is 2.00 e. The Morgan fingerprint density at radius 3 is 1.86 bits per heavy atom. The van der Waals surface area contributed by atoms with Crippen molar-refractivity contribution in [2.45, 2.75) is 67.2 Å². The number of carbonyl (C=O) groups excluding carboxylic acids is 1. The van der Waals surface area contributed by atoms with Crippen LogP contribution in [0.1, 0.15) is 63.4 Å². The van der Waals surface area contributed by atoms with Gasteiger partial charge in [0, 0.05) is 5.41 Å². The van der Waals surface area contributed by atoms with E-state index in [0.29, 0.717) is 13.0 Å². The van der Waals surface area contributed by atoms with Gasteiger partial charge in [-0.25, -0.2) is 0 Å². The van der Waals surface area contributed by atoms with Crippen molar-refractivity contribution in [1.82, 2.24) is 0 Å². The molecule has 0 spiro atoms. The zero-order valence-electron chi connectivity index (χ0n) is 18.6. The largest absolute Gasteiger partial charge is 2.00 e. The van der Waals surface area contributed by atoms with Crippen molar-refractivity contribution in [1.29, 1.82) is 0 Å². The maximum atomic E-state index is 13.1. The Bertz CT molecular complexity index is 874. The molecule has 0 saturated heterocycles. The first kappa shape index (κ1) is 28.8. The summed E-state index contributed by atoms with van der Waals surface area (Å²) >= 11 is 0. The molecule has 2 aromatic rings. The molecule has 1 atom stereocenters. The average Bonchev–Trinajstić information content (AvgIpc) is 2.61. The summed E-state index contributed by atoms with van der Waals surface area (Å²) in [4.78, 5) is 13.1. The Labute approximate surface area is 237 Å². The molecule has 0 aliphatic heterocycles. The predicted molar refractivity (Wildman–Crippen MR) is 105 cm³/mol. The van der Waals surface area contributed by atoms with Crippen LogP contribution in [0.15, 0.2) is 0 Å². The summed E-state index contributed by atoms with van der Waals surface area (Å²) in [6, 6.07) is 10.1. The van der Waals surface area contributed by atoms with E-state index in [0.717, 1.165) is 44.5 Å². The van der Waals surface area contributed by atoms with E-state index in [2.05, 4.69) is 32.0 Å². The van der Waals surface area contributed by atoms with Gasteiger partial charge >= 0.3 is 82.5 Å². The number of Topliss-reactive ketones (excluding diaryl/α,β-unsaturated/α-hetero) is 1. The van der Waals surface area contributed by atoms with Crippen molar-refractivity contribution in [3.8, 4) is 0 Å². The molecule has 4 heteroatoms. The minimum atomic E-state index is -1.00. The normalized spacial score (nSPS) is 12.6. The van der Waals surface area contributed by atoms with Crippen molar-refractivity contribution < 1.29 is 92.4 Å². The van der Waals surface area contributed by atoms with E-state index < -0.39 is 5.41 Å². The second kappa shape index (κ2) is 11.4. The smallest absolute Gasteiger partial charge is 0.382 e. The molecule has 0 saturated carbocycles. The van der Waals surface area contributed by atoms with E-state index in [1.54, 1.807) is 0 Å². The second-order valence-corrected chi connectivity index (χ2v) is 7.25. The zero-order valence-corrected chi connectivity index (χ0v) is 25.9. The molecule has 1 N–H and O–H groups in total. The average molecular weight is 626 g/mol. The number of aryl methyl sites for hydroxylation is 3. The summed E-state index contributed by atoms with van der Waals surface area (Å²) in [5, 5.41) is 9.73. The molecule has 0 heterocycles. The number of aliphatic hydroxyl groups is 1. The fraction of sp³-hybridized carbons (Fsp3) is 0.417. The molecule has 2 rings (SSSR count). The molecule has 28 heavy (non-hydrogen) atoms. The van der Waals surface area contributed by atoms with Crippen LogP contribution in [0.4, 0.5) is 0 Å². The van der Waals surface area contributed by atoms with E-state index >= 15 is 0 Å². The first-order valence-corrected chi connectivity index (χ1v) is 9.06. The van der Waals surface area contributed by atoms with Gasteiger partial charge in [-0.1, -0.05) is 48.5 Å². The number of aliphatic hydroxyl groups excluding tert-OH is 1. The van der Waals surface area contributed by atoms with Crippen molar-refractivity contribution in [2.24, 2.45) is 0 Å². The van der Waals surface area contributed by atoms with Crippen LogP contribution < -0.4 is 51.4 Å². The molecule has 0 amide bonds. The Hall–Kier alpha value is 0.758. The van der Waals surface area contributed by atoms with Crippen molar-refractivity contribution >= 4 is 5.78 Å². The SMILES string of the molecule is CCC(C(=O)[CH]O)(c1[c-]c(C)[c-]c(C)c1C)c1[c-]c(C)c(C)c(C)c1C.[K+].[U+2]. The van der Waals surface area contributed by atoms with Crippen molar-refractivity contribution in [2.75, 3.05) is 0 Å². The van der Waals surface area contributed by atoms with Gasteiger partial charge in [0.25, 0.3) is 0 Å². The molecule has 141 valence electrons. The van der Waals surface area contributed by atoms with Gasteiger partial charge in [0.05, 0.1) is 0 Å². The van der Waals surface area contributed by atoms with Crippen LogP contribution >= 0.6 is 0 Å². The molecular formula is C24H28KO2U. The standard InChI is InChI=1S/C24H28O2.K.U/c1-9-24(23(26)13-25,21-11-14(2)10-15(3)18(21)6)22-12-16(4)17(5)19(7)20(22)8;;/h13,25H,9H2,1-8H3;;/q-3;+1;+2. The third-order valence-corrected chi connectivity index (χ3v) is 5.92. The second-order valence-electron chi connectivity index (χ2n) is 7.25. The summed E-state index contributed by atoms with van der Waals surface area (Å²) < 4.78 is 0. The first-order chi connectivity index (χ1) is 12.1. The maximum absolute atomic E-state index is 13.1. The summed E-state index contributed by atoms with van der Waals surface area (Å²) in [6.07, 6.45) is 0.516. The number of carbonyl (C=O) groups is 1. The van der Waals surface area contributed by atoms with Crippen molar-refractivity contribution in [3.63, 3.8) is 0 Å². The van der Waals surface area contributed by atoms with E-state index in [4.69, 9.17) is 0 Å². The predicted octanol–water partition coefficient (Wildman–Crippen LogP) is 2.05. The van der Waals surface area contributed by atoms with Crippen LogP contribution in [0.2, 0.25) is 0 Å². The van der Waals surface area contributed by atoms with Gasteiger partial charge in [-0.3, -0.25) is 27.0 Å². The number of hydrogen-bond donors (Lipinski definition) is 1. The third-order valence-electron chi connectivity index (χ3n) is 5.92. The van der Waals surface area contributed by atoms with Gasteiger partial charge in [0.1, 0.15) is 6.61 Å². The van der Waals surface area contributed by atoms with Crippen LogP contribution in [-0.2, 0) is 10.2 Å². The Morgan fingerprint density at radius 2 is 1.36 bits per heavy atom. The van der Waals surface area contributed by atoms with E-state index in [1.807, 2.05) is 41.5 Å². The molecule has 0 bridgehead atoms. The van der Waals surface area contributed by atoms with Crippen LogP contribution in [0.5, 0.6) is 0 Å². The molecule has 0 aromatic heterocycles. The summed E-state index contributed by atoms with van der Waals surface area (Å²) in [7, 11) is 0. The Morgan fingerprint density at radius 1 is 0.857 bits per heavy atom. The summed E-state index contributed by atoms with van der Waals surface area (Å²) in [6.45, 7) is 16.8. The van der Waals surface area contributed by atoms with Gasteiger partial charge in [0.2, 0.25) is 0 Å². The number of benzene rings is 2. The molecular weight excluding hydrogens is 597 g/mol. The topological polar surface area (TPSA) is 37.3 Å². The van der Waals surface area contributed by atoms with Crippen LogP contribution in [-0.4, -0.2) is 10.9 Å². The minimum absolute atomic E-state index is 0. The molecule has 2 aromatic carbocycles. The fourth-order valence-electron chi connectivity index (χ4n) is 3.86. The van der Waals surface area contributed by atoms with Crippen LogP contribution in [0.3, 0.4) is 0 Å². The summed E-state index contributed by atoms with van der Waals surface area (Å²) in [5.74, 6) is -0.327. The third kappa shape index (κ3) is 4.97. The number of ketones is 1. The van der Waals surface area contributed by atoms with Crippen LogP contribution in [0.25, 0.3) is 0 Å². The van der Waals surface area contributed by atoms with Gasteiger partial charge in [-0.15, -0.1) is 12.5 Å². The number of hydrogen-bond acceptors (Lipinski definition) is 2. The first-order valence-electron chi connectivity index (χ1n) is 9.06. The van der Waals surface area contributed by atoms with Gasteiger partial charge in [-0.2, -0.15) is 28.3 Å². The van der Waals surface area contributed by atoms with E-state index in [-0.39, 0.29) is 88.3 Å². The molecule has 1 unspecified atom stereocenters. The molecule has 1 radical (unpaired) electrons. The van der Waals surface area contributed by atoms with E-state index in [9.17, 15) is 9.90 Å². The van der Waals surface area contributed by atoms with E-state index in [1.165, 1.54) is 5.56 Å². The van der Waals surface area contributed by atoms with Crippen LogP contribution in [0, 0.1) is 104 Å². The fourth-order valence-corrected chi connectivity index (χ4v) is 3.86. The Kier molecular flexibility index (Phi) is 11.7.